The SMILES string of the molecule is CCOC(=O)Cc1ncc(C)cc1N. The lowest BCUT2D eigenvalue weighted by molar-refractivity contribution is -0.142. The molecule has 0 radical (unpaired) electrons. The van der Waals surface area contributed by atoms with E-state index in [4.69, 9.17) is 10.5 Å². The van der Waals surface area contributed by atoms with Crippen LogP contribution in [0, 0.1) is 6.92 Å². The zero-order chi connectivity index (χ0) is 10.6. The Morgan fingerprint density at radius 1 is 1.64 bits per heavy atom. The van der Waals surface area contributed by atoms with Crippen LogP contribution in [0.3, 0.4) is 0 Å². The summed E-state index contributed by atoms with van der Waals surface area (Å²) in [5.74, 6) is -0.296. The van der Waals surface area contributed by atoms with Crippen molar-refractivity contribution in [3.63, 3.8) is 0 Å². The molecule has 1 heterocycles. The smallest absolute Gasteiger partial charge is 0.311 e. The number of pyridine rings is 1. The first-order valence-electron chi connectivity index (χ1n) is 4.50. The third-order valence-electron chi connectivity index (χ3n) is 1.76. The summed E-state index contributed by atoms with van der Waals surface area (Å²) >= 11 is 0. The number of aryl methyl sites for hydroxylation is 1. The molecule has 4 nitrogen and oxygen atoms in total. The minimum atomic E-state index is -0.296. The summed E-state index contributed by atoms with van der Waals surface area (Å²) in [7, 11) is 0. The molecule has 4 heteroatoms. The molecule has 2 N–H and O–H groups in total. The maximum atomic E-state index is 11.1. The van der Waals surface area contributed by atoms with Crippen LogP contribution in [0.25, 0.3) is 0 Å². The van der Waals surface area contributed by atoms with Gasteiger partial charge in [-0.3, -0.25) is 9.78 Å². The minimum Gasteiger partial charge on any atom is -0.466 e. The molecular formula is C10H14N2O2. The van der Waals surface area contributed by atoms with E-state index in [-0.39, 0.29) is 12.4 Å². The number of carbonyl (C=O) groups is 1. The highest BCUT2D eigenvalue weighted by atomic mass is 16.5. The van der Waals surface area contributed by atoms with E-state index in [2.05, 4.69) is 4.98 Å². The highest BCUT2D eigenvalue weighted by molar-refractivity contribution is 5.73. The van der Waals surface area contributed by atoms with Gasteiger partial charge in [-0.15, -0.1) is 0 Å². The molecular weight excluding hydrogens is 180 g/mol. The van der Waals surface area contributed by atoms with Gasteiger partial charge in [-0.25, -0.2) is 0 Å². The number of nitrogen functional groups attached to an aromatic ring is 1. The number of rotatable bonds is 3. The quantitative estimate of drug-likeness (QED) is 0.731. The first kappa shape index (κ1) is 10.5. The van der Waals surface area contributed by atoms with Crippen molar-refractivity contribution in [1.82, 2.24) is 4.98 Å². The molecule has 14 heavy (non-hydrogen) atoms. The molecule has 0 amide bonds. The van der Waals surface area contributed by atoms with Crippen molar-refractivity contribution in [2.75, 3.05) is 12.3 Å². The van der Waals surface area contributed by atoms with Crippen LogP contribution < -0.4 is 5.73 Å². The fourth-order valence-corrected chi connectivity index (χ4v) is 1.12. The Labute approximate surface area is 83.1 Å². The van der Waals surface area contributed by atoms with Gasteiger partial charge in [0.15, 0.2) is 0 Å². The Balaban J connectivity index is 2.72. The van der Waals surface area contributed by atoms with Gasteiger partial charge in [0.1, 0.15) is 0 Å². The lowest BCUT2D eigenvalue weighted by Gasteiger charge is -2.04. The average molecular weight is 194 g/mol. The molecule has 0 saturated heterocycles. The minimum absolute atomic E-state index is 0.139. The van der Waals surface area contributed by atoms with Crippen molar-refractivity contribution < 1.29 is 9.53 Å². The van der Waals surface area contributed by atoms with Crippen LogP contribution in [0.1, 0.15) is 18.2 Å². The third kappa shape index (κ3) is 2.73. The van der Waals surface area contributed by atoms with E-state index in [0.29, 0.717) is 18.0 Å². The van der Waals surface area contributed by atoms with E-state index in [9.17, 15) is 4.79 Å². The summed E-state index contributed by atoms with van der Waals surface area (Å²) in [5, 5.41) is 0. The van der Waals surface area contributed by atoms with E-state index < -0.39 is 0 Å². The molecule has 0 unspecified atom stereocenters. The maximum Gasteiger partial charge on any atom is 0.311 e. The maximum absolute atomic E-state index is 11.1. The second-order valence-corrected chi connectivity index (χ2v) is 3.03. The van der Waals surface area contributed by atoms with E-state index >= 15 is 0 Å². The number of carbonyl (C=O) groups excluding carboxylic acids is 1. The van der Waals surface area contributed by atoms with Crippen LogP contribution in [0.2, 0.25) is 0 Å². The molecule has 1 rings (SSSR count). The van der Waals surface area contributed by atoms with E-state index in [1.54, 1.807) is 19.2 Å². The van der Waals surface area contributed by atoms with Crippen LogP contribution in [0.15, 0.2) is 12.3 Å². The number of hydrogen-bond donors (Lipinski definition) is 1. The molecule has 0 saturated carbocycles. The zero-order valence-electron chi connectivity index (χ0n) is 8.41. The summed E-state index contributed by atoms with van der Waals surface area (Å²) < 4.78 is 4.80. The number of aromatic nitrogens is 1. The van der Waals surface area contributed by atoms with Gasteiger partial charge < -0.3 is 10.5 Å². The first-order chi connectivity index (χ1) is 6.63. The van der Waals surface area contributed by atoms with Gasteiger partial charge in [-0.1, -0.05) is 0 Å². The van der Waals surface area contributed by atoms with Crippen LogP contribution in [-0.2, 0) is 16.0 Å². The van der Waals surface area contributed by atoms with Gasteiger partial charge in [0.25, 0.3) is 0 Å². The van der Waals surface area contributed by atoms with E-state index in [0.717, 1.165) is 5.56 Å². The molecule has 1 aromatic rings. The molecule has 0 aliphatic heterocycles. The largest absolute Gasteiger partial charge is 0.466 e. The Morgan fingerprint density at radius 3 is 2.93 bits per heavy atom. The second-order valence-electron chi connectivity index (χ2n) is 3.03. The van der Waals surface area contributed by atoms with Crippen molar-refractivity contribution in [1.29, 1.82) is 0 Å². The van der Waals surface area contributed by atoms with Gasteiger partial charge in [0.05, 0.1) is 24.4 Å². The topological polar surface area (TPSA) is 65.2 Å². The van der Waals surface area contributed by atoms with Gasteiger partial charge in [-0.05, 0) is 25.5 Å². The fraction of sp³-hybridized carbons (Fsp3) is 0.400. The molecule has 0 aliphatic carbocycles. The Morgan fingerprint density at radius 2 is 2.36 bits per heavy atom. The fourth-order valence-electron chi connectivity index (χ4n) is 1.12. The Kier molecular flexibility index (Phi) is 3.45. The number of esters is 1. The highest BCUT2D eigenvalue weighted by Gasteiger charge is 2.08. The summed E-state index contributed by atoms with van der Waals surface area (Å²) in [5.41, 5.74) is 7.79. The number of nitrogens with two attached hydrogens (primary N) is 1. The number of hydrogen-bond acceptors (Lipinski definition) is 4. The van der Waals surface area contributed by atoms with Crippen LogP contribution >= 0.6 is 0 Å². The Hall–Kier alpha value is -1.58. The Bertz CT molecular complexity index is 337. The third-order valence-corrected chi connectivity index (χ3v) is 1.76. The first-order valence-corrected chi connectivity index (χ1v) is 4.50. The molecule has 0 bridgehead atoms. The molecule has 1 aromatic heterocycles. The normalized spacial score (nSPS) is 9.86. The highest BCUT2D eigenvalue weighted by Crippen LogP contribution is 2.11. The lowest BCUT2D eigenvalue weighted by atomic mass is 10.2. The van der Waals surface area contributed by atoms with Crippen molar-refractivity contribution in [2.24, 2.45) is 0 Å². The zero-order valence-corrected chi connectivity index (χ0v) is 8.41. The summed E-state index contributed by atoms with van der Waals surface area (Å²) in [4.78, 5) is 15.2. The number of nitrogens with zero attached hydrogens (tertiary/aromatic N) is 1. The molecule has 0 fully saturated rings. The molecule has 0 spiro atoms. The molecule has 76 valence electrons. The lowest BCUT2D eigenvalue weighted by Crippen LogP contribution is -2.10. The number of ether oxygens (including phenoxy) is 1. The van der Waals surface area contributed by atoms with Crippen molar-refractivity contribution in [3.8, 4) is 0 Å². The number of anilines is 1. The van der Waals surface area contributed by atoms with Gasteiger partial charge in [-0.2, -0.15) is 0 Å². The van der Waals surface area contributed by atoms with Gasteiger partial charge in [0, 0.05) is 6.20 Å². The van der Waals surface area contributed by atoms with E-state index in [1.165, 1.54) is 0 Å². The van der Waals surface area contributed by atoms with Crippen LogP contribution in [-0.4, -0.2) is 17.6 Å². The van der Waals surface area contributed by atoms with E-state index in [1.807, 2.05) is 6.92 Å². The predicted octanol–water partition coefficient (Wildman–Crippen LogP) is 1.08. The second kappa shape index (κ2) is 4.60. The summed E-state index contributed by atoms with van der Waals surface area (Å²) in [6.07, 6.45) is 1.82. The molecule has 0 aromatic carbocycles. The predicted molar refractivity (Wildman–Crippen MR) is 53.7 cm³/mol. The van der Waals surface area contributed by atoms with Gasteiger partial charge in [0.2, 0.25) is 0 Å². The van der Waals surface area contributed by atoms with Crippen molar-refractivity contribution in [2.45, 2.75) is 20.3 Å². The van der Waals surface area contributed by atoms with Crippen LogP contribution in [0.5, 0.6) is 0 Å². The standard InChI is InChI=1S/C10H14N2O2/c1-3-14-10(13)5-9-8(11)4-7(2)6-12-9/h4,6H,3,5,11H2,1-2H3. The van der Waals surface area contributed by atoms with Gasteiger partial charge >= 0.3 is 5.97 Å². The van der Waals surface area contributed by atoms with Crippen molar-refractivity contribution >= 4 is 11.7 Å². The molecule has 0 atom stereocenters. The van der Waals surface area contributed by atoms with Crippen LogP contribution in [0.4, 0.5) is 5.69 Å². The summed E-state index contributed by atoms with van der Waals surface area (Å²) in [6, 6.07) is 1.79. The average Bonchev–Trinajstić information content (AvgIpc) is 2.10. The molecule has 0 aliphatic rings. The monoisotopic (exact) mass is 194 g/mol. The summed E-state index contributed by atoms with van der Waals surface area (Å²) in [6.45, 7) is 4.05. The van der Waals surface area contributed by atoms with Crippen molar-refractivity contribution in [3.05, 3.63) is 23.5 Å².